The Morgan fingerprint density at radius 1 is 1.19 bits per heavy atom. The number of pyridine rings is 1. The van der Waals surface area contributed by atoms with Crippen LogP contribution >= 0.6 is 0 Å². The molecule has 1 aromatic heterocycles. The van der Waals surface area contributed by atoms with Crippen LogP contribution in [0.3, 0.4) is 0 Å². The molecule has 0 saturated carbocycles. The summed E-state index contributed by atoms with van der Waals surface area (Å²) in [5.74, 6) is 0.778. The third-order valence-corrected chi connectivity index (χ3v) is 3.02. The van der Waals surface area contributed by atoms with Crippen molar-refractivity contribution in [1.82, 2.24) is 4.57 Å². The Bertz CT molecular complexity index is 664. The number of ether oxygens (including phenoxy) is 1. The van der Waals surface area contributed by atoms with Crippen LogP contribution in [0.2, 0.25) is 0 Å². The maximum atomic E-state index is 12.1. The fourth-order valence-corrected chi connectivity index (χ4v) is 2.30. The van der Waals surface area contributed by atoms with Crippen molar-refractivity contribution in [3.05, 3.63) is 45.2 Å². The highest BCUT2D eigenvalue weighted by molar-refractivity contribution is 5.43. The summed E-state index contributed by atoms with van der Waals surface area (Å²) >= 11 is 0. The quantitative estimate of drug-likeness (QED) is 0.796. The minimum absolute atomic E-state index is 0.0387. The summed E-state index contributed by atoms with van der Waals surface area (Å²) in [6, 6.07) is 0. The smallest absolute Gasteiger partial charge is 0.192 e. The van der Waals surface area contributed by atoms with E-state index in [9.17, 15) is 4.79 Å². The first kappa shape index (κ1) is 19.2. The molecule has 0 unspecified atom stereocenters. The predicted molar refractivity (Wildman–Crippen MR) is 91.5 cm³/mol. The maximum absolute atomic E-state index is 12.1. The number of fused-ring (bicyclic) bond motifs is 1. The second kappa shape index (κ2) is 7.87. The zero-order chi connectivity index (χ0) is 16.8. The van der Waals surface area contributed by atoms with Gasteiger partial charge in [0.25, 0.3) is 0 Å². The monoisotopic (exact) mass is 291 g/mol. The summed E-state index contributed by atoms with van der Waals surface area (Å²) in [5, 5.41) is 1.51. The van der Waals surface area contributed by atoms with Crippen molar-refractivity contribution in [1.29, 1.82) is 0 Å². The Kier molecular flexibility index (Phi) is 7.20. The summed E-state index contributed by atoms with van der Waals surface area (Å²) in [7, 11) is 0. The molecule has 2 heterocycles. The molecule has 0 saturated heterocycles. The molecular weight excluding hydrogens is 262 g/mol. The Morgan fingerprint density at radius 3 is 2.19 bits per heavy atom. The van der Waals surface area contributed by atoms with Crippen molar-refractivity contribution >= 4 is 11.8 Å². The van der Waals surface area contributed by atoms with Gasteiger partial charge in [0.2, 0.25) is 0 Å². The van der Waals surface area contributed by atoms with Crippen LogP contribution in [0.25, 0.3) is 11.8 Å². The van der Waals surface area contributed by atoms with Gasteiger partial charge in [0.1, 0.15) is 5.76 Å². The van der Waals surface area contributed by atoms with Gasteiger partial charge in [-0.25, -0.2) is 0 Å². The van der Waals surface area contributed by atoms with Crippen molar-refractivity contribution in [2.75, 3.05) is 0 Å². The Balaban J connectivity index is 0.000000921. The van der Waals surface area contributed by atoms with Crippen LogP contribution < -0.4 is 16.0 Å². The van der Waals surface area contributed by atoms with Gasteiger partial charge in [-0.3, -0.25) is 4.79 Å². The van der Waals surface area contributed by atoms with Crippen molar-refractivity contribution in [2.45, 2.75) is 61.1 Å². The van der Waals surface area contributed by atoms with Gasteiger partial charge < -0.3 is 9.30 Å². The highest BCUT2D eigenvalue weighted by Gasteiger charge is 2.29. The minimum atomic E-state index is -0.443. The molecule has 0 spiro atoms. The van der Waals surface area contributed by atoms with Gasteiger partial charge in [-0.05, 0) is 33.8 Å². The lowest BCUT2D eigenvalue weighted by atomic mass is 10.2. The molecule has 0 N–H and O–H groups in total. The van der Waals surface area contributed by atoms with Crippen molar-refractivity contribution in [3.63, 3.8) is 0 Å². The molecule has 21 heavy (non-hydrogen) atoms. The fraction of sp³-hybridized carbons (Fsp3) is 0.500. The highest BCUT2D eigenvalue weighted by Crippen LogP contribution is 2.22. The van der Waals surface area contributed by atoms with Gasteiger partial charge in [-0.1, -0.05) is 40.3 Å². The Labute approximate surface area is 128 Å². The van der Waals surface area contributed by atoms with E-state index in [4.69, 9.17) is 4.74 Å². The van der Waals surface area contributed by atoms with Crippen molar-refractivity contribution in [2.24, 2.45) is 0 Å². The van der Waals surface area contributed by atoms with Crippen molar-refractivity contribution < 1.29 is 4.74 Å². The minimum Gasteiger partial charge on any atom is -0.471 e. The van der Waals surface area contributed by atoms with E-state index in [1.807, 2.05) is 66.2 Å². The number of rotatable bonds is 1. The standard InChI is InChI=1S/C14H17NO2.2C2H6/c1-6-7-11-12-10(3)17-14(4,5)15(12)8-9(2)13(11)16;2*1-2/h6-8H,1H2,2-5H3;2*1-2H3/b11-7+;;. The number of nitrogens with zero attached hydrogens (tertiary/aromatic N) is 1. The van der Waals surface area contributed by atoms with Gasteiger partial charge in [0.15, 0.2) is 11.2 Å². The second-order valence-electron chi connectivity index (χ2n) is 4.78. The molecule has 0 bridgehead atoms. The molecule has 0 radical (unpaired) electrons. The molecule has 118 valence electrons. The fourth-order valence-electron chi connectivity index (χ4n) is 2.30. The van der Waals surface area contributed by atoms with E-state index in [1.54, 1.807) is 12.2 Å². The van der Waals surface area contributed by atoms with Crippen LogP contribution in [0.1, 0.15) is 54.0 Å². The average molecular weight is 291 g/mol. The lowest BCUT2D eigenvalue weighted by Gasteiger charge is -2.23. The lowest BCUT2D eigenvalue weighted by Crippen LogP contribution is -2.47. The first-order valence-electron chi connectivity index (χ1n) is 7.64. The normalized spacial score (nSPS) is 15.0. The molecule has 3 nitrogen and oxygen atoms in total. The van der Waals surface area contributed by atoms with E-state index < -0.39 is 5.72 Å². The number of hydrogen-bond acceptors (Lipinski definition) is 2. The molecule has 0 aromatic carbocycles. The topological polar surface area (TPSA) is 31.2 Å². The third-order valence-electron chi connectivity index (χ3n) is 3.02. The van der Waals surface area contributed by atoms with Gasteiger partial charge in [0.05, 0.1) is 5.35 Å². The average Bonchev–Trinajstić information content (AvgIpc) is 2.69. The van der Waals surface area contributed by atoms with E-state index in [1.165, 1.54) is 0 Å². The summed E-state index contributed by atoms with van der Waals surface area (Å²) in [6.07, 6.45) is 5.24. The van der Waals surface area contributed by atoms with Gasteiger partial charge in [-0.2, -0.15) is 0 Å². The Morgan fingerprint density at radius 2 is 1.71 bits per heavy atom. The van der Waals surface area contributed by atoms with E-state index in [-0.39, 0.29) is 5.43 Å². The summed E-state index contributed by atoms with van der Waals surface area (Å²) in [4.78, 5) is 12.1. The SMILES string of the molecule is C=C/C=c1/c(=O)c(C)cn2c1=C(C)OC2(C)C.CC.CC. The summed E-state index contributed by atoms with van der Waals surface area (Å²) in [6.45, 7) is 19.3. The third kappa shape index (κ3) is 3.66. The van der Waals surface area contributed by atoms with Crippen LogP contribution in [0.15, 0.2) is 23.6 Å². The number of aryl methyl sites for hydroxylation is 1. The summed E-state index contributed by atoms with van der Waals surface area (Å²) < 4.78 is 7.81. The van der Waals surface area contributed by atoms with Crippen LogP contribution in [-0.2, 0) is 10.5 Å². The predicted octanol–water partition coefficient (Wildman–Crippen LogP) is 3.03. The van der Waals surface area contributed by atoms with Gasteiger partial charge >= 0.3 is 0 Å². The molecule has 1 aliphatic rings. The molecule has 0 aliphatic carbocycles. The van der Waals surface area contributed by atoms with E-state index in [0.29, 0.717) is 10.8 Å². The molecule has 1 aromatic rings. The van der Waals surface area contributed by atoms with Crippen LogP contribution in [0, 0.1) is 6.92 Å². The molecular formula is C18H29NO2. The molecule has 0 amide bonds. The zero-order valence-electron chi connectivity index (χ0n) is 14.7. The van der Waals surface area contributed by atoms with Crippen LogP contribution in [-0.4, -0.2) is 4.57 Å². The molecule has 0 atom stereocenters. The molecule has 2 rings (SSSR count). The first-order valence-corrected chi connectivity index (χ1v) is 7.64. The number of aromatic nitrogens is 1. The van der Waals surface area contributed by atoms with E-state index in [2.05, 4.69) is 6.58 Å². The van der Waals surface area contributed by atoms with Gasteiger partial charge in [0, 0.05) is 17.0 Å². The second-order valence-corrected chi connectivity index (χ2v) is 4.78. The van der Waals surface area contributed by atoms with Gasteiger partial charge in [-0.15, -0.1) is 0 Å². The Hall–Kier alpha value is -1.77. The maximum Gasteiger partial charge on any atom is 0.192 e. The van der Waals surface area contributed by atoms with E-state index >= 15 is 0 Å². The molecule has 1 aliphatic heterocycles. The molecule has 0 fully saturated rings. The lowest BCUT2D eigenvalue weighted by molar-refractivity contribution is 0.0176. The summed E-state index contributed by atoms with van der Waals surface area (Å²) in [5.41, 5.74) is 0.312. The van der Waals surface area contributed by atoms with Crippen LogP contribution in [0.4, 0.5) is 0 Å². The molecule has 3 heteroatoms. The number of hydrogen-bond donors (Lipinski definition) is 0. The van der Waals surface area contributed by atoms with E-state index in [0.717, 1.165) is 11.1 Å². The van der Waals surface area contributed by atoms with Crippen molar-refractivity contribution in [3.8, 4) is 0 Å². The highest BCUT2D eigenvalue weighted by atomic mass is 16.5. The largest absolute Gasteiger partial charge is 0.471 e. The zero-order valence-corrected chi connectivity index (χ0v) is 14.7. The first-order chi connectivity index (χ1) is 9.88. The van der Waals surface area contributed by atoms with Crippen LogP contribution in [0.5, 0.6) is 0 Å². The number of allylic oxidation sites excluding steroid dienone is 1.